The first kappa shape index (κ1) is 21.3. The van der Waals surface area contributed by atoms with Crippen LogP contribution in [0.15, 0.2) is 42.7 Å². The van der Waals surface area contributed by atoms with Crippen LogP contribution in [0.5, 0.6) is 0 Å². The van der Waals surface area contributed by atoms with Gasteiger partial charge in [-0.15, -0.1) is 0 Å². The summed E-state index contributed by atoms with van der Waals surface area (Å²) >= 11 is 0. The van der Waals surface area contributed by atoms with Crippen LogP contribution < -0.4 is 11.1 Å². The van der Waals surface area contributed by atoms with Crippen molar-refractivity contribution in [3.05, 3.63) is 59.4 Å². The van der Waals surface area contributed by atoms with Gasteiger partial charge in [-0.25, -0.2) is 23.1 Å². The molecule has 172 valence electrons. The molecule has 3 aromatic rings. The molecule has 2 heterocycles. The van der Waals surface area contributed by atoms with Crippen molar-refractivity contribution in [2.24, 2.45) is 5.73 Å². The summed E-state index contributed by atoms with van der Waals surface area (Å²) in [5.41, 5.74) is 6.54. The van der Waals surface area contributed by atoms with Gasteiger partial charge in [-0.1, -0.05) is 24.3 Å². The van der Waals surface area contributed by atoms with Gasteiger partial charge >= 0.3 is 5.97 Å². The number of nitrogens with zero attached hydrogens (tertiary/aromatic N) is 3. The predicted octanol–water partition coefficient (Wildman–Crippen LogP) is 2.90. The van der Waals surface area contributed by atoms with Gasteiger partial charge in [-0.3, -0.25) is 4.79 Å². The lowest BCUT2D eigenvalue weighted by Crippen LogP contribution is -2.51. The molecule has 0 spiro atoms. The number of hydrogen-bond donors (Lipinski definition) is 2. The molecule has 0 unspecified atom stereocenters. The van der Waals surface area contributed by atoms with E-state index in [2.05, 4.69) is 27.5 Å². The van der Waals surface area contributed by atoms with Crippen LogP contribution in [0.4, 0.5) is 14.6 Å². The van der Waals surface area contributed by atoms with Gasteiger partial charge in [-0.05, 0) is 30.0 Å². The molecular formula is C23H23F2N5O3. The first-order valence-electron chi connectivity index (χ1n) is 10.8. The van der Waals surface area contributed by atoms with Gasteiger partial charge in [0.2, 0.25) is 5.92 Å². The Kier molecular flexibility index (Phi) is 5.02. The van der Waals surface area contributed by atoms with Crippen LogP contribution in [0.25, 0.3) is 5.65 Å². The zero-order chi connectivity index (χ0) is 23.2. The van der Waals surface area contributed by atoms with Gasteiger partial charge in [0.1, 0.15) is 11.4 Å². The number of hydrogen-bond acceptors (Lipinski definition) is 6. The van der Waals surface area contributed by atoms with E-state index >= 15 is 0 Å². The minimum absolute atomic E-state index is 0.0336. The molecule has 1 fully saturated rings. The maximum absolute atomic E-state index is 13.6. The molecule has 1 aromatic carbocycles. The lowest BCUT2D eigenvalue weighted by Gasteiger charge is -2.36. The third kappa shape index (κ3) is 4.01. The SMILES string of the molecule is NC(=O)C1(OC(=O)c2cnn3ccc(NC4Cc5ccccc5C4)nc23)CCC(F)(F)CC1. The Morgan fingerprint density at radius 2 is 1.76 bits per heavy atom. The molecule has 3 N–H and O–H groups in total. The summed E-state index contributed by atoms with van der Waals surface area (Å²) in [6.45, 7) is 0. The first-order chi connectivity index (χ1) is 15.7. The summed E-state index contributed by atoms with van der Waals surface area (Å²) in [5.74, 6) is -4.14. The molecule has 1 amide bonds. The first-order valence-corrected chi connectivity index (χ1v) is 10.8. The molecule has 0 saturated heterocycles. The van der Waals surface area contributed by atoms with Crippen LogP contribution in [0.3, 0.4) is 0 Å². The van der Waals surface area contributed by atoms with Gasteiger partial charge in [-0.2, -0.15) is 5.10 Å². The van der Waals surface area contributed by atoms with E-state index in [0.29, 0.717) is 5.82 Å². The van der Waals surface area contributed by atoms with E-state index in [1.54, 1.807) is 12.3 Å². The number of amides is 1. The van der Waals surface area contributed by atoms with Gasteiger partial charge in [0.15, 0.2) is 11.2 Å². The molecule has 2 aliphatic rings. The minimum Gasteiger partial charge on any atom is -0.445 e. The number of benzene rings is 1. The Morgan fingerprint density at radius 1 is 1.09 bits per heavy atom. The van der Waals surface area contributed by atoms with Crippen molar-refractivity contribution in [3.8, 4) is 0 Å². The summed E-state index contributed by atoms with van der Waals surface area (Å²) in [7, 11) is 0. The van der Waals surface area contributed by atoms with Crippen molar-refractivity contribution >= 4 is 23.3 Å². The Bertz CT molecular complexity index is 1210. The quantitative estimate of drug-likeness (QED) is 0.573. The Balaban J connectivity index is 1.35. The zero-order valence-corrected chi connectivity index (χ0v) is 17.8. The zero-order valence-electron chi connectivity index (χ0n) is 17.8. The molecule has 33 heavy (non-hydrogen) atoms. The third-order valence-electron chi connectivity index (χ3n) is 6.52. The second-order valence-electron chi connectivity index (χ2n) is 8.76. The highest BCUT2D eigenvalue weighted by atomic mass is 19.3. The van der Waals surface area contributed by atoms with E-state index in [1.165, 1.54) is 21.8 Å². The summed E-state index contributed by atoms with van der Waals surface area (Å²) in [6, 6.07) is 10.2. The van der Waals surface area contributed by atoms with E-state index in [9.17, 15) is 18.4 Å². The number of esters is 1. The standard InChI is InChI=1S/C23H23F2N5O3/c24-23(25)8-6-22(7-9-23,21(26)32)33-20(31)17-13-27-30-10-5-18(29-19(17)30)28-16-11-14-3-1-2-4-15(14)12-16/h1-5,10,13,16H,6-9,11-12H2,(H2,26,32)(H,28,29). The molecule has 2 aromatic heterocycles. The maximum Gasteiger partial charge on any atom is 0.344 e. The number of carbonyl (C=O) groups excluding carboxylic acids is 2. The Hall–Kier alpha value is -3.56. The average molecular weight is 455 g/mol. The second kappa shape index (κ2) is 7.79. The lowest BCUT2D eigenvalue weighted by molar-refractivity contribution is -0.151. The van der Waals surface area contributed by atoms with Crippen molar-refractivity contribution in [2.75, 3.05) is 5.32 Å². The number of nitrogens with one attached hydrogen (secondary N) is 1. The fraction of sp³-hybridized carbons (Fsp3) is 0.391. The predicted molar refractivity (Wildman–Crippen MR) is 115 cm³/mol. The van der Waals surface area contributed by atoms with Crippen molar-refractivity contribution in [1.29, 1.82) is 0 Å². The lowest BCUT2D eigenvalue weighted by atomic mass is 9.82. The summed E-state index contributed by atoms with van der Waals surface area (Å²) < 4.78 is 34.1. The number of aromatic nitrogens is 3. The minimum atomic E-state index is -2.90. The second-order valence-corrected chi connectivity index (χ2v) is 8.76. The number of anilines is 1. The van der Waals surface area contributed by atoms with Gasteiger partial charge < -0.3 is 15.8 Å². The summed E-state index contributed by atoms with van der Waals surface area (Å²) in [4.78, 5) is 29.5. The summed E-state index contributed by atoms with van der Waals surface area (Å²) in [5, 5.41) is 7.51. The van der Waals surface area contributed by atoms with E-state index in [-0.39, 0.29) is 30.1 Å². The smallest absolute Gasteiger partial charge is 0.344 e. The number of ether oxygens (including phenoxy) is 1. The molecule has 8 nitrogen and oxygen atoms in total. The van der Waals surface area contributed by atoms with Crippen LogP contribution in [0.1, 0.15) is 47.2 Å². The van der Waals surface area contributed by atoms with Gasteiger partial charge in [0.25, 0.3) is 5.91 Å². The Labute approximate surface area is 188 Å². The van der Waals surface area contributed by atoms with E-state index in [4.69, 9.17) is 10.5 Å². The van der Waals surface area contributed by atoms with Crippen molar-refractivity contribution in [1.82, 2.24) is 14.6 Å². The fourth-order valence-electron chi connectivity index (χ4n) is 4.61. The maximum atomic E-state index is 13.6. The number of alkyl halides is 2. The number of carbonyl (C=O) groups is 2. The number of nitrogens with two attached hydrogens (primary N) is 1. The number of fused-ring (bicyclic) bond motifs is 2. The highest BCUT2D eigenvalue weighted by Crippen LogP contribution is 2.41. The van der Waals surface area contributed by atoms with Crippen LogP contribution in [0, 0.1) is 0 Å². The molecule has 2 aliphatic carbocycles. The van der Waals surface area contributed by atoms with E-state index < -0.39 is 36.2 Å². The molecule has 1 saturated carbocycles. The molecule has 0 bridgehead atoms. The van der Waals surface area contributed by atoms with Crippen molar-refractivity contribution < 1.29 is 23.1 Å². The Morgan fingerprint density at radius 3 is 2.39 bits per heavy atom. The normalized spacial score (nSPS) is 19.2. The van der Waals surface area contributed by atoms with Crippen molar-refractivity contribution in [2.45, 2.75) is 56.1 Å². The highest BCUT2D eigenvalue weighted by molar-refractivity contribution is 5.98. The molecule has 5 rings (SSSR count). The monoisotopic (exact) mass is 455 g/mol. The third-order valence-corrected chi connectivity index (χ3v) is 6.52. The molecule has 0 radical (unpaired) electrons. The number of primary amides is 1. The molecular weight excluding hydrogens is 432 g/mol. The van der Waals surface area contributed by atoms with Crippen LogP contribution >= 0.6 is 0 Å². The van der Waals surface area contributed by atoms with E-state index in [0.717, 1.165) is 12.8 Å². The highest BCUT2D eigenvalue weighted by Gasteiger charge is 2.50. The summed E-state index contributed by atoms with van der Waals surface area (Å²) in [6.07, 6.45) is 2.86. The van der Waals surface area contributed by atoms with Crippen LogP contribution in [-0.4, -0.2) is 44.0 Å². The van der Waals surface area contributed by atoms with Gasteiger partial charge in [0, 0.05) is 37.9 Å². The van der Waals surface area contributed by atoms with E-state index in [1.807, 2.05) is 12.1 Å². The van der Waals surface area contributed by atoms with Crippen LogP contribution in [-0.2, 0) is 22.4 Å². The molecule has 0 atom stereocenters. The average Bonchev–Trinajstić information content (AvgIpc) is 3.38. The van der Waals surface area contributed by atoms with Crippen LogP contribution in [0.2, 0.25) is 0 Å². The molecule has 10 heteroatoms. The fourth-order valence-corrected chi connectivity index (χ4v) is 4.61. The van der Waals surface area contributed by atoms with Gasteiger partial charge in [0.05, 0.1) is 6.20 Å². The topological polar surface area (TPSA) is 112 Å². The largest absolute Gasteiger partial charge is 0.445 e. The van der Waals surface area contributed by atoms with Crippen molar-refractivity contribution in [3.63, 3.8) is 0 Å². The molecule has 0 aliphatic heterocycles. The number of halogens is 2. The number of rotatable bonds is 5.